The minimum atomic E-state index is -0.412. The number of fused-ring (bicyclic) bond motifs is 2. The number of nitrogens with zero attached hydrogens (tertiary/aromatic N) is 2. The third-order valence-electron chi connectivity index (χ3n) is 3.90. The quantitative estimate of drug-likeness (QED) is 0.546. The largest absolute Gasteiger partial charge is 0.484 e. The molecule has 7 nitrogen and oxygen atoms in total. The molecule has 0 saturated carbocycles. The molecule has 26 heavy (non-hydrogen) atoms. The molecule has 1 aromatic carbocycles. The summed E-state index contributed by atoms with van der Waals surface area (Å²) in [5, 5.41) is 5.55. The van der Waals surface area contributed by atoms with Gasteiger partial charge in [-0.1, -0.05) is 0 Å². The van der Waals surface area contributed by atoms with Crippen molar-refractivity contribution in [1.29, 1.82) is 0 Å². The Labute approximate surface area is 151 Å². The van der Waals surface area contributed by atoms with Crippen LogP contribution in [0.15, 0.2) is 51.3 Å². The predicted octanol–water partition coefficient (Wildman–Crippen LogP) is 2.51. The van der Waals surface area contributed by atoms with Crippen LogP contribution in [0.3, 0.4) is 0 Å². The van der Waals surface area contributed by atoms with Crippen molar-refractivity contribution in [3.05, 3.63) is 63.7 Å². The zero-order chi connectivity index (χ0) is 18.1. The van der Waals surface area contributed by atoms with Gasteiger partial charge in [-0.3, -0.25) is 9.20 Å². The fraction of sp³-hybridized carbons (Fsp3) is 0.167. The molecule has 0 radical (unpaired) electrons. The number of benzene rings is 1. The summed E-state index contributed by atoms with van der Waals surface area (Å²) in [4.78, 5) is 28.7. The molecular weight excluding hydrogens is 354 g/mol. The lowest BCUT2D eigenvalue weighted by Crippen LogP contribution is -2.28. The van der Waals surface area contributed by atoms with Crippen molar-refractivity contribution in [3.8, 4) is 5.75 Å². The summed E-state index contributed by atoms with van der Waals surface area (Å²) >= 11 is 1.54. The maximum Gasteiger partial charge on any atom is 0.336 e. The molecule has 4 rings (SSSR count). The normalized spacial score (nSPS) is 11.1. The molecule has 0 unspecified atom stereocenters. The van der Waals surface area contributed by atoms with Gasteiger partial charge in [0.15, 0.2) is 11.6 Å². The lowest BCUT2D eigenvalue weighted by molar-refractivity contribution is -0.123. The molecule has 0 bridgehead atoms. The van der Waals surface area contributed by atoms with Gasteiger partial charge < -0.3 is 14.5 Å². The van der Waals surface area contributed by atoms with Crippen LogP contribution in [0.4, 0.5) is 0 Å². The van der Waals surface area contributed by atoms with E-state index in [0.717, 1.165) is 21.6 Å². The third kappa shape index (κ3) is 3.31. The van der Waals surface area contributed by atoms with Crippen LogP contribution in [-0.2, 0) is 11.3 Å². The van der Waals surface area contributed by atoms with E-state index in [1.807, 2.05) is 29.1 Å². The first-order chi connectivity index (χ1) is 12.6. The molecule has 3 heterocycles. The van der Waals surface area contributed by atoms with Crippen LogP contribution in [-0.4, -0.2) is 21.9 Å². The number of amides is 1. The van der Waals surface area contributed by atoms with E-state index in [1.54, 1.807) is 18.2 Å². The minimum absolute atomic E-state index is 0.135. The Hall–Kier alpha value is -3.13. The van der Waals surface area contributed by atoms with E-state index in [-0.39, 0.29) is 12.5 Å². The molecule has 4 aromatic rings. The summed E-state index contributed by atoms with van der Waals surface area (Å²) in [5.74, 6) is 0.205. The summed E-state index contributed by atoms with van der Waals surface area (Å²) in [5.41, 5.74) is 1.64. The number of imidazole rings is 1. The highest BCUT2D eigenvalue weighted by atomic mass is 32.1. The number of rotatable bonds is 5. The van der Waals surface area contributed by atoms with Crippen LogP contribution in [0.5, 0.6) is 5.75 Å². The Bertz CT molecular complexity index is 1130. The zero-order valence-electron chi connectivity index (χ0n) is 13.9. The van der Waals surface area contributed by atoms with Crippen molar-refractivity contribution in [2.75, 3.05) is 6.61 Å². The van der Waals surface area contributed by atoms with Gasteiger partial charge in [0.2, 0.25) is 0 Å². The smallest absolute Gasteiger partial charge is 0.336 e. The zero-order valence-corrected chi connectivity index (χ0v) is 14.7. The van der Waals surface area contributed by atoms with Crippen molar-refractivity contribution < 1.29 is 13.9 Å². The number of ether oxygens (including phenoxy) is 1. The van der Waals surface area contributed by atoms with Crippen molar-refractivity contribution >= 4 is 33.2 Å². The summed E-state index contributed by atoms with van der Waals surface area (Å²) in [7, 11) is 0. The van der Waals surface area contributed by atoms with Crippen LogP contribution in [0.25, 0.3) is 15.9 Å². The highest BCUT2D eigenvalue weighted by Crippen LogP contribution is 2.22. The summed E-state index contributed by atoms with van der Waals surface area (Å²) in [6, 6.07) is 6.60. The highest BCUT2D eigenvalue weighted by Gasteiger charge is 2.08. The second-order valence-electron chi connectivity index (χ2n) is 5.80. The van der Waals surface area contributed by atoms with Gasteiger partial charge in [-0.25, -0.2) is 9.78 Å². The van der Waals surface area contributed by atoms with Crippen molar-refractivity contribution in [2.24, 2.45) is 0 Å². The fourth-order valence-corrected chi connectivity index (χ4v) is 3.36. The number of hydrogen-bond donors (Lipinski definition) is 1. The van der Waals surface area contributed by atoms with Gasteiger partial charge >= 0.3 is 5.63 Å². The molecule has 0 spiro atoms. The Kier molecular flexibility index (Phi) is 4.18. The number of nitrogens with one attached hydrogen (secondary N) is 1. The molecule has 0 fully saturated rings. The molecule has 1 amide bonds. The van der Waals surface area contributed by atoms with E-state index in [1.165, 1.54) is 17.4 Å². The molecule has 8 heteroatoms. The maximum absolute atomic E-state index is 12.0. The molecule has 3 aromatic heterocycles. The van der Waals surface area contributed by atoms with Crippen molar-refractivity contribution in [3.63, 3.8) is 0 Å². The van der Waals surface area contributed by atoms with E-state index < -0.39 is 5.63 Å². The standard InChI is InChI=1S/C18H15N3O4S/c1-11-6-17(23)25-15-7-13(2-3-14(11)15)24-10-16(22)19-8-12-9-21-4-5-26-18(21)20-12/h2-7,9H,8,10H2,1H3,(H,19,22). The average molecular weight is 369 g/mol. The molecule has 0 aliphatic carbocycles. The number of aromatic nitrogens is 2. The van der Waals surface area contributed by atoms with E-state index >= 15 is 0 Å². The molecule has 1 N–H and O–H groups in total. The van der Waals surface area contributed by atoms with Crippen LogP contribution < -0.4 is 15.7 Å². The number of carbonyl (C=O) groups excluding carboxylic acids is 1. The first-order valence-electron chi connectivity index (χ1n) is 7.93. The molecule has 0 saturated heterocycles. The number of carbonyl (C=O) groups is 1. The van der Waals surface area contributed by atoms with Crippen LogP contribution in [0.2, 0.25) is 0 Å². The van der Waals surface area contributed by atoms with E-state index in [2.05, 4.69) is 10.3 Å². The van der Waals surface area contributed by atoms with Gasteiger partial charge in [0.25, 0.3) is 5.91 Å². The second kappa shape index (κ2) is 6.64. The van der Waals surface area contributed by atoms with Gasteiger partial charge in [-0.15, -0.1) is 11.3 Å². The second-order valence-corrected chi connectivity index (χ2v) is 6.67. The highest BCUT2D eigenvalue weighted by molar-refractivity contribution is 7.15. The molecule has 132 valence electrons. The third-order valence-corrected chi connectivity index (χ3v) is 4.67. The number of aryl methyl sites for hydroxylation is 1. The maximum atomic E-state index is 12.0. The predicted molar refractivity (Wildman–Crippen MR) is 97.6 cm³/mol. The SMILES string of the molecule is Cc1cc(=O)oc2cc(OCC(=O)NCc3cn4ccsc4n3)ccc12. The Morgan fingerprint density at radius 2 is 2.27 bits per heavy atom. The minimum Gasteiger partial charge on any atom is -0.484 e. The summed E-state index contributed by atoms with van der Waals surface area (Å²) in [6.07, 6.45) is 3.79. The van der Waals surface area contributed by atoms with Crippen molar-refractivity contribution in [2.45, 2.75) is 13.5 Å². The molecule has 0 aliphatic heterocycles. The lowest BCUT2D eigenvalue weighted by atomic mass is 10.1. The van der Waals surface area contributed by atoms with Gasteiger partial charge in [-0.2, -0.15) is 0 Å². The van der Waals surface area contributed by atoms with E-state index in [4.69, 9.17) is 9.15 Å². The Morgan fingerprint density at radius 3 is 3.12 bits per heavy atom. The monoisotopic (exact) mass is 369 g/mol. The van der Waals surface area contributed by atoms with Gasteiger partial charge in [0, 0.05) is 35.3 Å². The first-order valence-corrected chi connectivity index (χ1v) is 8.81. The van der Waals surface area contributed by atoms with Gasteiger partial charge in [-0.05, 0) is 24.6 Å². The average Bonchev–Trinajstić information content (AvgIpc) is 3.19. The van der Waals surface area contributed by atoms with E-state index in [9.17, 15) is 9.59 Å². The number of thiazole rings is 1. The van der Waals surface area contributed by atoms with Crippen molar-refractivity contribution in [1.82, 2.24) is 14.7 Å². The molecule has 0 atom stereocenters. The Morgan fingerprint density at radius 1 is 1.38 bits per heavy atom. The molecular formula is C18H15N3O4S. The summed E-state index contributed by atoms with van der Waals surface area (Å²) in [6.45, 7) is 2.04. The topological polar surface area (TPSA) is 85.8 Å². The first kappa shape index (κ1) is 16.3. The van der Waals surface area contributed by atoms with Crippen LogP contribution >= 0.6 is 11.3 Å². The lowest BCUT2D eigenvalue weighted by Gasteiger charge is -2.08. The molecule has 0 aliphatic rings. The van der Waals surface area contributed by atoms with Gasteiger partial charge in [0.1, 0.15) is 11.3 Å². The number of hydrogen-bond acceptors (Lipinski definition) is 6. The van der Waals surface area contributed by atoms with Crippen LogP contribution in [0, 0.1) is 6.92 Å². The Balaban J connectivity index is 1.37. The van der Waals surface area contributed by atoms with E-state index in [0.29, 0.717) is 17.9 Å². The summed E-state index contributed by atoms with van der Waals surface area (Å²) < 4.78 is 12.6. The van der Waals surface area contributed by atoms with Gasteiger partial charge in [0.05, 0.1) is 12.2 Å². The van der Waals surface area contributed by atoms with Crippen LogP contribution in [0.1, 0.15) is 11.3 Å². The fourth-order valence-electron chi connectivity index (χ4n) is 2.65.